The molecule has 2 aromatic carbocycles. The summed E-state index contributed by atoms with van der Waals surface area (Å²) in [6, 6.07) is 9.97. The summed E-state index contributed by atoms with van der Waals surface area (Å²) in [5, 5.41) is 12.2. The summed E-state index contributed by atoms with van der Waals surface area (Å²) < 4.78 is 26.9. The largest absolute Gasteiger partial charge is 0.529 e. The summed E-state index contributed by atoms with van der Waals surface area (Å²) in [5.41, 5.74) is 0.402. The molecule has 0 bridgehead atoms. The van der Waals surface area contributed by atoms with Gasteiger partial charge in [-0.25, -0.2) is 4.31 Å². The maximum atomic E-state index is 12.3. The van der Waals surface area contributed by atoms with Crippen molar-refractivity contribution in [2.24, 2.45) is 0 Å². The van der Waals surface area contributed by atoms with Crippen molar-refractivity contribution >= 4 is 56.8 Å². The van der Waals surface area contributed by atoms with Crippen LogP contribution in [-0.2, 0) is 16.8 Å². The molecule has 0 saturated heterocycles. The maximum Gasteiger partial charge on any atom is 0.325 e. The van der Waals surface area contributed by atoms with Crippen LogP contribution in [0.3, 0.4) is 0 Å². The number of halogens is 3. The quantitative estimate of drug-likeness (QED) is 0.823. The lowest BCUT2D eigenvalue weighted by Crippen LogP contribution is -2.46. The summed E-state index contributed by atoms with van der Waals surface area (Å²) in [6.07, 6.45) is -1.90. The van der Waals surface area contributed by atoms with E-state index < -0.39 is 22.8 Å². The molecule has 0 aliphatic rings. The Bertz CT molecular complexity index is 857. The highest BCUT2D eigenvalue weighted by molar-refractivity contribution is 7.90. The fourth-order valence-corrected chi connectivity index (χ4v) is 3.42. The molecule has 0 atom stereocenters. The number of carbonyl (C=O) groups is 1. The summed E-state index contributed by atoms with van der Waals surface area (Å²) in [5.74, 6) is 0. The maximum absolute atomic E-state index is 12.3. The van der Waals surface area contributed by atoms with Gasteiger partial charge in [-0.1, -0.05) is 40.9 Å². The predicted molar refractivity (Wildman–Crippen MR) is 91.4 cm³/mol. The van der Waals surface area contributed by atoms with Crippen LogP contribution in [0.4, 0.5) is 10.5 Å². The van der Waals surface area contributed by atoms with Crippen LogP contribution >= 0.6 is 34.8 Å². The van der Waals surface area contributed by atoms with E-state index in [-0.39, 0.29) is 20.6 Å². The first-order chi connectivity index (χ1) is 11.2. The van der Waals surface area contributed by atoms with E-state index in [0.717, 1.165) is 0 Å². The minimum absolute atomic E-state index is 0.135. The molecule has 0 aliphatic carbocycles. The van der Waals surface area contributed by atoms with Crippen LogP contribution in [0.2, 0.25) is 15.1 Å². The van der Waals surface area contributed by atoms with Crippen LogP contribution < -0.4 is 9.83 Å². The van der Waals surface area contributed by atoms with E-state index in [4.69, 9.17) is 34.8 Å². The van der Waals surface area contributed by atoms with Gasteiger partial charge in [0.1, 0.15) is 0 Å². The van der Waals surface area contributed by atoms with Crippen LogP contribution in [0.15, 0.2) is 42.5 Å². The van der Waals surface area contributed by atoms with Crippen LogP contribution in [0.5, 0.6) is 0 Å². The van der Waals surface area contributed by atoms with Crippen molar-refractivity contribution in [3.63, 3.8) is 0 Å². The Morgan fingerprint density at radius 3 is 2.17 bits per heavy atom. The van der Waals surface area contributed by atoms with Gasteiger partial charge in [0, 0.05) is 15.1 Å². The summed E-state index contributed by atoms with van der Waals surface area (Å²) in [6.45, 7) is -0.527. The lowest BCUT2D eigenvalue weighted by molar-refractivity contribution is -0.259. The summed E-state index contributed by atoms with van der Waals surface area (Å²) in [7, 11) is -4.43. The van der Waals surface area contributed by atoms with Crippen molar-refractivity contribution in [2.45, 2.75) is 6.54 Å². The second kappa shape index (κ2) is 7.48. The van der Waals surface area contributed by atoms with Gasteiger partial charge in [-0.15, -0.1) is 0 Å². The fraction of sp³-hybridized carbons (Fsp3) is 0.0714. The topological polar surface area (TPSA) is 89.5 Å². The third-order valence-corrected chi connectivity index (χ3v) is 5.10. The van der Waals surface area contributed by atoms with Gasteiger partial charge >= 0.3 is 10.2 Å². The zero-order valence-corrected chi connectivity index (χ0v) is 15.0. The molecule has 2 rings (SSSR count). The third kappa shape index (κ3) is 4.67. The van der Waals surface area contributed by atoms with Crippen LogP contribution in [0, 0.1) is 0 Å². The molecule has 0 spiro atoms. The molecule has 0 unspecified atom stereocenters. The molecule has 0 heterocycles. The predicted octanol–water partition coefficient (Wildman–Crippen LogP) is 3.15. The zero-order chi connectivity index (χ0) is 17.9. The Morgan fingerprint density at radius 1 is 1.04 bits per heavy atom. The van der Waals surface area contributed by atoms with Gasteiger partial charge in [-0.2, -0.15) is 8.42 Å². The Kier molecular flexibility index (Phi) is 5.82. The molecular formula is C14H10Cl3N2O4S-. The first-order valence-electron chi connectivity index (χ1n) is 6.40. The first-order valence-corrected chi connectivity index (χ1v) is 8.97. The number of nitrogens with zero attached hydrogens (tertiary/aromatic N) is 1. The molecule has 1 amide bonds. The van der Waals surface area contributed by atoms with Crippen molar-refractivity contribution in [3.8, 4) is 0 Å². The number of benzene rings is 2. The number of nitrogens with one attached hydrogen (secondary N) is 1. The van der Waals surface area contributed by atoms with Crippen molar-refractivity contribution in [3.05, 3.63) is 63.1 Å². The highest BCUT2D eigenvalue weighted by Crippen LogP contribution is 2.24. The van der Waals surface area contributed by atoms with Gasteiger partial charge in [0.25, 0.3) is 0 Å². The number of hydrogen-bond donors (Lipinski definition) is 1. The van der Waals surface area contributed by atoms with Gasteiger partial charge in [-0.05, 0) is 42.0 Å². The van der Waals surface area contributed by atoms with E-state index >= 15 is 0 Å². The molecular weight excluding hydrogens is 399 g/mol. The van der Waals surface area contributed by atoms with E-state index in [2.05, 4.69) is 4.72 Å². The summed E-state index contributed by atoms with van der Waals surface area (Å²) >= 11 is 17.4. The standard InChI is InChI=1S/C14H11Cl3N2O4S/c15-10-3-5-12(6-4-10)18-24(22,23)19(14(20)21)8-9-1-2-11(16)7-13(9)17/h1-7,18H,8H2,(H,20,21)/p-1. The van der Waals surface area contributed by atoms with Gasteiger partial charge in [0.05, 0.1) is 12.2 Å². The number of carboxylic acid groups (broad SMARTS) is 1. The summed E-state index contributed by atoms with van der Waals surface area (Å²) in [4.78, 5) is 11.3. The fourth-order valence-electron chi connectivity index (χ4n) is 1.77. The number of hydrogen-bond acceptors (Lipinski definition) is 4. The molecule has 10 heteroatoms. The van der Waals surface area contributed by atoms with Crippen LogP contribution in [0.25, 0.3) is 0 Å². The van der Waals surface area contributed by atoms with E-state index in [9.17, 15) is 18.3 Å². The number of anilines is 1. The normalized spacial score (nSPS) is 11.1. The highest BCUT2D eigenvalue weighted by atomic mass is 35.5. The SMILES string of the molecule is O=C([O-])N(Cc1ccc(Cl)cc1Cl)S(=O)(=O)Nc1ccc(Cl)cc1. The average molecular weight is 409 g/mol. The minimum atomic E-state index is -4.43. The van der Waals surface area contributed by atoms with Gasteiger partial charge < -0.3 is 9.90 Å². The van der Waals surface area contributed by atoms with Crippen LogP contribution in [-0.4, -0.2) is 18.8 Å². The second-order valence-electron chi connectivity index (χ2n) is 4.62. The van der Waals surface area contributed by atoms with Crippen molar-refractivity contribution < 1.29 is 18.3 Å². The molecule has 6 nitrogen and oxygen atoms in total. The Morgan fingerprint density at radius 2 is 1.62 bits per heavy atom. The zero-order valence-electron chi connectivity index (χ0n) is 11.9. The molecule has 0 aromatic heterocycles. The number of carbonyl (C=O) groups excluding carboxylic acids is 1. The minimum Gasteiger partial charge on any atom is -0.529 e. The Labute approximate surface area is 153 Å². The van der Waals surface area contributed by atoms with Crippen molar-refractivity contribution in [2.75, 3.05) is 4.72 Å². The number of rotatable bonds is 5. The van der Waals surface area contributed by atoms with Gasteiger partial charge in [0.15, 0.2) is 6.09 Å². The molecule has 128 valence electrons. The van der Waals surface area contributed by atoms with Gasteiger partial charge in [-0.3, -0.25) is 4.72 Å². The molecule has 0 fully saturated rings. The first kappa shape index (κ1) is 18.7. The van der Waals surface area contributed by atoms with E-state index in [1.807, 2.05) is 0 Å². The molecule has 0 radical (unpaired) electrons. The monoisotopic (exact) mass is 407 g/mol. The van der Waals surface area contributed by atoms with Crippen molar-refractivity contribution in [1.82, 2.24) is 4.31 Å². The van der Waals surface area contributed by atoms with Crippen LogP contribution in [0.1, 0.15) is 5.56 Å². The second-order valence-corrected chi connectivity index (χ2v) is 7.50. The molecule has 0 aliphatic heterocycles. The van der Waals surface area contributed by atoms with E-state index in [1.54, 1.807) is 0 Å². The smallest absolute Gasteiger partial charge is 0.325 e. The van der Waals surface area contributed by atoms with E-state index in [1.165, 1.54) is 42.5 Å². The highest BCUT2D eigenvalue weighted by Gasteiger charge is 2.23. The van der Waals surface area contributed by atoms with E-state index in [0.29, 0.717) is 10.0 Å². The lowest BCUT2D eigenvalue weighted by Gasteiger charge is -2.25. The Hall–Kier alpha value is -1.67. The molecule has 0 saturated carbocycles. The average Bonchev–Trinajstić information content (AvgIpc) is 2.48. The van der Waals surface area contributed by atoms with Gasteiger partial charge in [0.2, 0.25) is 0 Å². The molecule has 2 aromatic rings. The Balaban J connectivity index is 2.28. The third-order valence-electron chi connectivity index (χ3n) is 2.91. The lowest BCUT2D eigenvalue weighted by atomic mass is 10.2. The molecule has 1 N–H and O–H groups in total. The van der Waals surface area contributed by atoms with Crippen molar-refractivity contribution in [1.29, 1.82) is 0 Å². The number of amides is 1. The molecule has 24 heavy (non-hydrogen) atoms.